The van der Waals surface area contributed by atoms with Gasteiger partial charge in [0.05, 0.1) is 6.20 Å². The topological polar surface area (TPSA) is 91.6 Å². The molecule has 0 aliphatic rings. The minimum atomic E-state index is -0.184. The molecule has 0 fully saturated rings. The Balaban J connectivity index is 1.58. The second-order valence-electron chi connectivity index (χ2n) is 5.45. The van der Waals surface area contributed by atoms with Gasteiger partial charge in [0.15, 0.2) is 11.5 Å². The zero-order valence-corrected chi connectivity index (χ0v) is 13.0. The maximum absolute atomic E-state index is 12.4. The van der Waals surface area contributed by atoms with E-state index in [9.17, 15) is 4.79 Å². The summed E-state index contributed by atoms with van der Waals surface area (Å²) in [5, 5.41) is 8.47. The van der Waals surface area contributed by atoms with Crippen molar-refractivity contribution in [3.05, 3.63) is 70.5 Å². The number of aryl methyl sites for hydroxylation is 1. The first kappa shape index (κ1) is 14.3. The summed E-state index contributed by atoms with van der Waals surface area (Å²) < 4.78 is 8.24. The fourth-order valence-corrected chi connectivity index (χ4v) is 2.53. The fourth-order valence-electron chi connectivity index (χ4n) is 2.53. The predicted molar refractivity (Wildman–Crippen MR) is 85.4 cm³/mol. The lowest BCUT2D eigenvalue weighted by Gasteiger charge is -2.01. The van der Waals surface area contributed by atoms with E-state index >= 15 is 0 Å². The van der Waals surface area contributed by atoms with Crippen LogP contribution in [0.2, 0.25) is 0 Å². The molecule has 0 atom stereocenters. The standard InChI is InChI=1S/C16H14N6O2/c1-21-15-12(8-18-21)16(23)22(10-17-15)9-14-19-13(20-24-14)7-11-5-3-2-4-6-11/h2-6,8,10H,7,9H2,1H3. The zero-order valence-electron chi connectivity index (χ0n) is 13.0. The van der Waals surface area contributed by atoms with Gasteiger partial charge in [-0.1, -0.05) is 35.5 Å². The van der Waals surface area contributed by atoms with Crippen molar-refractivity contribution < 1.29 is 4.52 Å². The highest BCUT2D eigenvalue weighted by Crippen LogP contribution is 2.08. The van der Waals surface area contributed by atoms with Crippen LogP contribution in [-0.4, -0.2) is 29.5 Å². The molecule has 0 aliphatic heterocycles. The first-order chi connectivity index (χ1) is 11.7. The van der Waals surface area contributed by atoms with Gasteiger partial charge in [-0.25, -0.2) is 4.98 Å². The summed E-state index contributed by atoms with van der Waals surface area (Å²) in [5.74, 6) is 0.952. The highest BCUT2D eigenvalue weighted by atomic mass is 16.5. The summed E-state index contributed by atoms with van der Waals surface area (Å²) in [6.45, 7) is 0.179. The molecule has 0 aliphatic carbocycles. The first-order valence-corrected chi connectivity index (χ1v) is 7.43. The van der Waals surface area contributed by atoms with E-state index in [-0.39, 0.29) is 12.1 Å². The number of hydrogen-bond donors (Lipinski definition) is 0. The fraction of sp³-hybridized carbons (Fsp3) is 0.188. The Morgan fingerprint density at radius 3 is 2.88 bits per heavy atom. The van der Waals surface area contributed by atoms with Crippen molar-refractivity contribution in [1.29, 1.82) is 0 Å². The molecule has 4 rings (SSSR count). The Labute approximate surface area is 136 Å². The molecular formula is C16H14N6O2. The quantitative estimate of drug-likeness (QED) is 0.560. The lowest BCUT2D eigenvalue weighted by atomic mass is 10.1. The number of benzene rings is 1. The lowest BCUT2D eigenvalue weighted by molar-refractivity contribution is 0.365. The number of fused-ring (bicyclic) bond motifs is 1. The summed E-state index contributed by atoms with van der Waals surface area (Å²) >= 11 is 0. The van der Waals surface area contributed by atoms with Crippen molar-refractivity contribution in [2.75, 3.05) is 0 Å². The maximum Gasteiger partial charge on any atom is 0.264 e. The Morgan fingerprint density at radius 2 is 2.04 bits per heavy atom. The van der Waals surface area contributed by atoms with E-state index in [0.29, 0.717) is 29.2 Å². The van der Waals surface area contributed by atoms with Crippen molar-refractivity contribution in [3.8, 4) is 0 Å². The molecule has 120 valence electrons. The minimum absolute atomic E-state index is 0.179. The highest BCUT2D eigenvalue weighted by Gasteiger charge is 2.12. The smallest absolute Gasteiger partial charge is 0.264 e. The van der Waals surface area contributed by atoms with E-state index in [1.807, 2.05) is 30.3 Å². The molecule has 8 nitrogen and oxygen atoms in total. The third kappa shape index (κ3) is 2.58. The Morgan fingerprint density at radius 1 is 1.21 bits per heavy atom. The summed E-state index contributed by atoms with van der Waals surface area (Å²) in [7, 11) is 1.74. The molecule has 3 heterocycles. The molecule has 0 unspecified atom stereocenters. The number of aromatic nitrogens is 6. The molecule has 3 aromatic heterocycles. The van der Waals surface area contributed by atoms with Crippen LogP contribution in [0.3, 0.4) is 0 Å². The van der Waals surface area contributed by atoms with Crippen LogP contribution in [0.4, 0.5) is 0 Å². The van der Waals surface area contributed by atoms with Crippen LogP contribution >= 0.6 is 0 Å². The van der Waals surface area contributed by atoms with Crippen LogP contribution in [0.15, 0.2) is 52.2 Å². The molecule has 1 aromatic carbocycles. The van der Waals surface area contributed by atoms with Gasteiger partial charge in [0.25, 0.3) is 5.56 Å². The Bertz CT molecular complexity index is 1050. The van der Waals surface area contributed by atoms with Gasteiger partial charge in [0.2, 0.25) is 5.89 Å². The van der Waals surface area contributed by atoms with E-state index in [1.54, 1.807) is 11.7 Å². The molecule has 8 heteroatoms. The van der Waals surface area contributed by atoms with Crippen molar-refractivity contribution in [1.82, 2.24) is 29.5 Å². The monoisotopic (exact) mass is 322 g/mol. The minimum Gasteiger partial charge on any atom is -0.337 e. The lowest BCUT2D eigenvalue weighted by Crippen LogP contribution is -2.21. The first-order valence-electron chi connectivity index (χ1n) is 7.43. The van der Waals surface area contributed by atoms with Crippen molar-refractivity contribution in [2.45, 2.75) is 13.0 Å². The van der Waals surface area contributed by atoms with Crippen molar-refractivity contribution in [2.24, 2.45) is 7.05 Å². The van der Waals surface area contributed by atoms with Gasteiger partial charge < -0.3 is 4.52 Å². The van der Waals surface area contributed by atoms with Crippen LogP contribution in [0.5, 0.6) is 0 Å². The van der Waals surface area contributed by atoms with Gasteiger partial charge in [-0.3, -0.25) is 14.0 Å². The number of hydrogen-bond acceptors (Lipinski definition) is 6. The molecule has 0 amide bonds. The summed E-state index contributed by atoms with van der Waals surface area (Å²) in [6, 6.07) is 9.88. The molecule has 0 saturated heterocycles. The SMILES string of the molecule is Cn1ncc2c(=O)n(Cc3nc(Cc4ccccc4)no3)cnc21. The largest absolute Gasteiger partial charge is 0.337 e. The van der Waals surface area contributed by atoms with Gasteiger partial charge in [-0.15, -0.1) is 0 Å². The van der Waals surface area contributed by atoms with Gasteiger partial charge in [-0.2, -0.15) is 10.1 Å². The van der Waals surface area contributed by atoms with Crippen LogP contribution in [0.25, 0.3) is 11.0 Å². The average Bonchev–Trinajstić information content (AvgIpc) is 3.18. The second-order valence-corrected chi connectivity index (χ2v) is 5.45. The van der Waals surface area contributed by atoms with Crippen molar-refractivity contribution in [3.63, 3.8) is 0 Å². The third-order valence-corrected chi connectivity index (χ3v) is 3.74. The zero-order chi connectivity index (χ0) is 16.5. The van der Waals surface area contributed by atoms with Gasteiger partial charge >= 0.3 is 0 Å². The van der Waals surface area contributed by atoms with Crippen LogP contribution in [0.1, 0.15) is 17.3 Å². The predicted octanol–water partition coefficient (Wildman–Crippen LogP) is 1.15. The van der Waals surface area contributed by atoms with E-state index in [1.165, 1.54) is 17.1 Å². The van der Waals surface area contributed by atoms with Gasteiger partial charge in [0.1, 0.15) is 18.3 Å². The molecule has 0 spiro atoms. The third-order valence-electron chi connectivity index (χ3n) is 3.74. The number of rotatable bonds is 4. The Hall–Kier alpha value is -3.29. The Kier molecular flexibility index (Phi) is 3.42. The molecule has 0 N–H and O–H groups in total. The molecule has 24 heavy (non-hydrogen) atoms. The molecule has 0 radical (unpaired) electrons. The van der Waals surface area contributed by atoms with Crippen molar-refractivity contribution >= 4 is 11.0 Å². The normalized spacial score (nSPS) is 11.2. The average molecular weight is 322 g/mol. The number of nitrogens with zero attached hydrogens (tertiary/aromatic N) is 6. The van der Waals surface area contributed by atoms with E-state index in [0.717, 1.165) is 5.56 Å². The van der Waals surface area contributed by atoms with E-state index in [4.69, 9.17) is 4.52 Å². The van der Waals surface area contributed by atoms with Crippen LogP contribution < -0.4 is 5.56 Å². The van der Waals surface area contributed by atoms with Crippen LogP contribution in [-0.2, 0) is 20.0 Å². The molecule has 0 saturated carbocycles. The molecular weight excluding hydrogens is 308 g/mol. The van der Waals surface area contributed by atoms with E-state index < -0.39 is 0 Å². The summed E-state index contributed by atoms with van der Waals surface area (Å²) in [5.41, 5.74) is 1.46. The van der Waals surface area contributed by atoms with E-state index in [2.05, 4.69) is 20.2 Å². The molecule has 0 bridgehead atoms. The second kappa shape index (κ2) is 5.73. The van der Waals surface area contributed by atoms with Crippen LogP contribution in [0, 0.1) is 0 Å². The van der Waals surface area contributed by atoms with Gasteiger partial charge in [-0.05, 0) is 5.56 Å². The molecule has 4 aromatic rings. The van der Waals surface area contributed by atoms with Gasteiger partial charge in [0, 0.05) is 13.5 Å². The summed E-state index contributed by atoms with van der Waals surface area (Å²) in [4.78, 5) is 21.0. The maximum atomic E-state index is 12.4. The highest BCUT2D eigenvalue weighted by molar-refractivity contribution is 5.72. The summed E-state index contributed by atoms with van der Waals surface area (Å²) in [6.07, 6.45) is 3.56.